The topological polar surface area (TPSA) is 60.2 Å². The van der Waals surface area contributed by atoms with E-state index in [0.717, 1.165) is 12.8 Å². The minimum Gasteiger partial charge on any atom is -0.330 e. The van der Waals surface area contributed by atoms with Crippen molar-refractivity contribution in [1.29, 1.82) is 0 Å². The summed E-state index contributed by atoms with van der Waals surface area (Å²) < 4.78 is 0. The van der Waals surface area contributed by atoms with Gasteiger partial charge in [0.05, 0.1) is 6.42 Å². The Morgan fingerprint density at radius 1 is 1.12 bits per heavy atom. The Morgan fingerprint density at radius 2 is 1.81 bits per heavy atom. The van der Waals surface area contributed by atoms with Crippen molar-refractivity contribution >= 4 is 22.7 Å². The molecule has 0 saturated heterocycles. The van der Waals surface area contributed by atoms with Crippen molar-refractivity contribution < 1.29 is 9.59 Å². The maximum atomic E-state index is 11.4. The molecule has 0 aliphatic carbocycles. The molecule has 0 aliphatic heterocycles. The van der Waals surface area contributed by atoms with Gasteiger partial charge in [0.2, 0.25) is 0 Å². The number of hydrogen-bond donors (Lipinski definition) is 1. The summed E-state index contributed by atoms with van der Waals surface area (Å²) in [6.45, 7) is 2.65. The lowest BCUT2D eigenvalue weighted by Crippen LogP contribution is -2.08. The van der Waals surface area contributed by atoms with Crippen LogP contribution in [0.2, 0.25) is 0 Å². The van der Waals surface area contributed by atoms with Crippen molar-refractivity contribution in [2.24, 2.45) is 5.73 Å². The zero-order valence-electron chi connectivity index (χ0n) is 10.2. The van der Waals surface area contributed by atoms with Crippen LogP contribution in [-0.2, 0) is 9.59 Å². The Kier molecular flexibility index (Phi) is 10.9. The molecule has 0 aliphatic rings. The molecule has 0 spiro atoms. The number of Topliss-reactive ketones (excluding diaryl/α,β-unsaturated/α-hetero) is 1. The summed E-state index contributed by atoms with van der Waals surface area (Å²) in [6.07, 6.45) is 6.30. The molecule has 94 valence electrons. The van der Waals surface area contributed by atoms with Gasteiger partial charge in [-0.15, -0.1) is 0 Å². The second-order valence-corrected chi connectivity index (χ2v) is 5.04. The largest absolute Gasteiger partial charge is 0.330 e. The SMILES string of the molecule is CCCCCCCC(=O)CC(=O)SCCN. The van der Waals surface area contributed by atoms with Crippen molar-refractivity contribution in [3.8, 4) is 0 Å². The van der Waals surface area contributed by atoms with Crippen LogP contribution in [0.4, 0.5) is 0 Å². The Labute approximate surface area is 103 Å². The van der Waals surface area contributed by atoms with E-state index in [9.17, 15) is 9.59 Å². The third-order valence-corrected chi connectivity index (χ3v) is 3.19. The second-order valence-electron chi connectivity index (χ2n) is 3.89. The summed E-state index contributed by atoms with van der Waals surface area (Å²) in [6, 6.07) is 0. The Hall–Kier alpha value is -0.350. The van der Waals surface area contributed by atoms with Gasteiger partial charge >= 0.3 is 0 Å². The minimum absolute atomic E-state index is 0.0380. The standard InChI is InChI=1S/C12H23NO2S/c1-2-3-4-5-6-7-11(14)10-12(15)16-9-8-13/h2-10,13H2,1H3. The number of hydrogen-bond acceptors (Lipinski definition) is 4. The number of unbranched alkanes of at least 4 members (excludes halogenated alkanes) is 4. The molecule has 0 radical (unpaired) electrons. The van der Waals surface area contributed by atoms with E-state index in [0.29, 0.717) is 18.7 Å². The third-order valence-electron chi connectivity index (χ3n) is 2.28. The van der Waals surface area contributed by atoms with Crippen LogP contribution in [0.1, 0.15) is 51.9 Å². The van der Waals surface area contributed by atoms with Crippen molar-refractivity contribution in [2.75, 3.05) is 12.3 Å². The fourth-order valence-corrected chi connectivity index (χ4v) is 2.01. The van der Waals surface area contributed by atoms with Crippen LogP contribution in [0.5, 0.6) is 0 Å². The first kappa shape index (κ1) is 15.7. The molecule has 4 heteroatoms. The summed E-state index contributed by atoms with van der Waals surface area (Å²) in [7, 11) is 0. The molecule has 0 aromatic heterocycles. The Bertz CT molecular complexity index is 207. The number of thioether (sulfide) groups is 1. The monoisotopic (exact) mass is 245 g/mol. The molecule has 0 rings (SSSR count). The molecular weight excluding hydrogens is 222 g/mol. The van der Waals surface area contributed by atoms with E-state index in [1.54, 1.807) is 0 Å². The highest BCUT2D eigenvalue weighted by molar-refractivity contribution is 8.13. The van der Waals surface area contributed by atoms with E-state index in [1.165, 1.54) is 31.0 Å². The molecule has 2 N–H and O–H groups in total. The first-order chi connectivity index (χ1) is 7.70. The summed E-state index contributed by atoms with van der Waals surface area (Å²) >= 11 is 1.17. The van der Waals surface area contributed by atoms with E-state index >= 15 is 0 Å². The van der Waals surface area contributed by atoms with Gasteiger partial charge in [-0.3, -0.25) is 9.59 Å². The molecule has 0 amide bonds. The van der Waals surface area contributed by atoms with Gasteiger partial charge in [-0.1, -0.05) is 44.4 Å². The lowest BCUT2D eigenvalue weighted by atomic mass is 10.1. The van der Waals surface area contributed by atoms with Crippen LogP contribution < -0.4 is 5.73 Å². The Morgan fingerprint density at radius 3 is 2.44 bits per heavy atom. The predicted octanol–water partition coefficient (Wildman–Crippen LogP) is 2.52. The quantitative estimate of drug-likeness (QED) is 0.474. The van der Waals surface area contributed by atoms with E-state index in [-0.39, 0.29) is 17.3 Å². The summed E-state index contributed by atoms with van der Waals surface area (Å²) in [5, 5.41) is -0.0380. The third kappa shape index (κ3) is 10.2. The summed E-state index contributed by atoms with van der Waals surface area (Å²) in [5.74, 6) is 0.689. The van der Waals surface area contributed by atoms with Crippen molar-refractivity contribution in [1.82, 2.24) is 0 Å². The highest BCUT2D eigenvalue weighted by Crippen LogP contribution is 2.09. The molecule has 0 fully saturated rings. The zero-order chi connectivity index (χ0) is 12.2. The number of ketones is 1. The molecule has 0 unspecified atom stereocenters. The lowest BCUT2D eigenvalue weighted by molar-refractivity contribution is -0.123. The van der Waals surface area contributed by atoms with E-state index in [4.69, 9.17) is 5.73 Å². The van der Waals surface area contributed by atoms with Gasteiger partial charge in [-0.25, -0.2) is 0 Å². The fraction of sp³-hybridized carbons (Fsp3) is 0.833. The van der Waals surface area contributed by atoms with Gasteiger partial charge in [0.1, 0.15) is 5.78 Å². The van der Waals surface area contributed by atoms with Crippen LogP contribution in [-0.4, -0.2) is 23.2 Å². The molecule has 0 heterocycles. The highest BCUT2D eigenvalue weighted by Gasteiger charge is 2.09. The van der Waals surface area contributed by atoms with Gasteiger partial charge in [0.15, 0.2) is 5.12 Å². The molecule has 0 atom stereocenters. The number of carbonyl (C=O) groups is 2. The maximum absolute atomic E-state index is 11.4. The molecule has 3 nitrogen and oxygen atoms in total. The highest BCUT2D eigenvalue weighted by atomic mass is 32.2. The number of rotatable bonds is 10. The van der Waals surface area contributed by atoms with Gasteiger partial charge in [-0.2, -0.15) is 0 Å². The average Bonchev–Trinajstić information content (AvgIpc) is 2.26. The van der Waals surface area contributed by atoms with Gasteiger partial charge in [0, 0.05) is 18.7 Å². The fourth-order valence-electron chi connectivity index (χ4n) is 1.40. The molecule has 0 aromatic carbocycles. The van der Waals surface area contributed by atoms with Crippen LogP contribution >= 0.6 is 11.8 Å². The maximum Gasteiger partial charge on any atom is 0.196 e. The predicted molar refractivity (Wildman–Crippen MR) is 69.5 cm³/mol. The summed E-state index contributed by atoms with van der Waals surface area (Å²) in [5.41, 5.74) is 5.28. The average molecular weight is 245 g/mol. The van der Waals surface area contributed by atoms with E-state index in [2.05, 4.69) is 6.92 Å². The number of carbonyl (C=O) groups excluding carboxylic acids is 2. The van der Waals surface area contributed by atoms with E-state index < -0.39 is 0 Å². The van der Waals surface area contributed by atoms with Crippen LogP contribution in [0.15, 0.2) is 0 Å². The number of nitrogens with two attached hydrogens (primary N) is 1. The van der Waals surface area contributed by atoms with Crippen molar-refractivity contribution in [3.63, 3.8) is 0 Å². The van der Waals surface area contributed by atoms with Crippen LogP contribution in [0.3, 0.4) is 0 Å². The molecule has 0 aromatic rings. The molecule has 0 saturated carbocycles. The van der Waals surface area contributed by atoms with Crippen molar-refractivity contribution in [3.05, 3.63) is 0 Å². The van der Waals surface area contributed by atoms with Crippen molar-refractivity contribution in [2.45, 2.75) is 51.9 Å². The molecule has 16 heavy (non-hydrogen) atoms. The normalized spacial score (nSPS) is 10.4. The first-order valence-electron chi connectivity index (χ1n) is 6.08. The second kappa shape index (κ2) is 11.1. The van der Waals surface area contributed by atoms with Gasteiger partial charge < -0.3 is 5.73 Å². The van der Waals surface area contributed by atoms with Crippen LogP contribution in [0, 0.1) is 0 Å². The molecule has 0 bridgehead atoms. The smallest absolute Gasteiger partial charge is 0.196 e. The Balaban J connectivity index is 3.40. The van der Waals surface area contributed by atoms with E-state index in [1.807, 2.05) is 0 Å². The first-order valence-corrected chi connectivity index (χ1v) is 7.06. The van der Waals surface area contributed by atoms with Gasteiger partial charge in [0.25, 0.3) is 0 Å². The minimum atomic E-state index is -0.0380. The summed E-state index contributed by atoms with van der Waals surface area (Å²) in [4.78, 5) is 22.6. The molecular formula is C12H23NO2S. The lowest BCUT2D eigenvalue weighted by Gasteiger charge is -2.00. The van der Waals surface area contributed by atoms with Gasteiger partial charge in [-0.05, 0) is 6.42 Å². The zero-order valence-corrected chi connectivity index (χ0v) is 11.0. The van der Waals surface area contributed by atoms with Crippen LogP contribution in [0.25, 0.3) is 0 Å².